The summed E-state index contributed by atoms with van der Waals surface area (Å²) in [6, 6.07) is 14.1. The fraction of sp³-hybridized carbons (Fsp3) is 0.143. The van der Waals surface area contributed by atoms with E-state index in [1.807, 2.05) is 20.8 Å². The van der Waals surface area contributed by atoms with E-state index in [0.29, 0.717) is 0 Å². The minimum absolute atomic E-state index is 0. The molecule has 0 bridgehead atoms. The van der Waals surface area contributed by atoms with E-state index in [4.69, 9.17) is 30.6 Å². The largest absolute Gasteiger partial charge is 0.504 e. The van der Waals surface area contributed by atoms with Crippen molar-refractivity contribution in [1.29, 1.82) is 0 Å². The molecule has 0 aliphatic heterocycles. The van der Waals surface area contributed by atoms with Crippen molar-refractivity contribution in [2.45, 2.75) is 20.8 Å². The predicted octanol–water partition coefficient (Wildman–Crippen LogP) is 4.22. The normalized spacial score (nSPS) is 9.11. The van der Waals surface area contributed by atoms with E-state index in [0.717, 1.165) is 16.7 Å². The van der Waals surface area contributed by atoms with Crippen LogP contribution in [0.25, 0.3) is 0 Å². The summed E-state index contributed by atoms with van der Waals surface area (Å²) in [6.45, 7) is 5.54. The summed E-state index contributed by atoms with van der Waals surface area (Å²) in [5.74, 6) is -0.387. The van der Waals surface area contributed by atoms with Crippen LogP contribution in [-0.2, 0) is 26.2 Å². The maximum atomic E-state index is 8.85. The molecule has 0 aromatic heterocycles. The molecule has 0 unspecified atom stereocenters. The third kappa shape index (κ3) is 8.82. The van der Waals surface area contributed by atoms with E-state index in [2.05, 4.69) is 0 Å². The first-order valence-corrected chi connectivity index (χ1v) is 8.06. The molecular weight excluding hydrogens is 439 g/mol. The van der Waals surface area contributed by atoms with Gasteiger partial charge in [0.1, 0.15) is 0 Å². The number of hydrogen-bond acceptors (Lipinski definition) is 6. The number of benzene rings is 3. The van der Waals surface area contributed by atoms with Crippen LogP contribution in [-0.4, -0.2) is 30.6 Å². The third-order valence-electron chi connectivity index (χ3n) is 3.39. The van der Waals surface area contributed by atoms with Crippen LogP contribution >= 0.6 is 0 Å². The van der Waals surface area contributed by atoms with Crippen LogP contribution < -0.4 is 0 Å². The maximum Gasteiger partial charge on any atom is 0.157 e. The van der Waals surface area contributed by atoms with Gasteiger partial charge in [0.05, 0.1) is 0 Å². The molecule has 6 nitrogen and oxygen atoms in total. The molecule has 3 aromatic carbocycles. The van der Waals surface area contributed by atoms with Crippen LogP contribution in [0.15, 0.2) is 54.6 Å². The van der Waals surface area contributed by atoms with E-state index in [1.54, 1.807) is 18.2 Å². The molecule has 0 amide bonds. The summed E-state index contributed by atoms with van der Waals surface area (Å²) in [6.07, 6.45) is 0. The number of aromatic hydroxyl groups is 6. The molecule has 0 spiro atoms. The second-order valence-corrected chi connectivity index (χ2v) is 5.98. The summed E-state index contributed by atoms with van der Waals surface area (Å²) >= 11 is 0. The second-order valence-electron chi connectivity index (χ2n) is 5.98. The van der Waals surface area contributed by atoms with Gasteiger partial charge >= 0.3 is 0 Å². The van der Waals surface area contributed by atoms with Gasteiger partial charge in [-0.1, -0.05) is 18.2 Å². The first-order valence-electron chi connectivity index (χ1n) is 8.06. The van der Waals surface area contributed by atoms with E-state index in [9.17, 15) is 0 Å². The van der Waals surface area contributed by atoms with Crippen LogP contribution in [0, 0.1) is 20.8 Å². The molecule has 0 aliphatic rings. The smallest absolute Gasteiger partial charge is 0.157 e. The van der Waals surface area contributed by atoms with Gasteiger partial charge in [0.25, 0.3) is 0 Å². The van der Waals surface area contributed by atoms with Crippen molar-refractivity contribution in [2.75, 3.05) is 0 Å². The van der Waals surface area contributed by atoms with Crippen LogP contribution in [0.3, 0.4) is 0 Å². The molecule has 0 fully saturated rings. The summed E-state index contributed by atoms with van der Waals surface area (Å²) in [7, 11) is 0. The van der Waals surface area contributed by atoms with E-state index in [1.165, 1.54) is 36.4 Å². The standard InChI is InChI=1S/3C7H8O2.Zr/c3*1-5-2-3-6(8)7(9)4-5;/h3*2-4,8-9H,1H3;. The van der Waals surface area contributed by atoms with Crippen LogP contribution in [0.5, 0.6) is 34.5 Å². The Hall–Kier alpha value is -2.66. The number of phenolic OH excluding ortho intramolecular Hbond substituents is 6. The molecular formula is C21H24O6Zr. The van der Waals surface area contributed by atoms with Gasteiger partial charge in [0.15, 0.2) is 34.5 Å². The molecule has 0 radical (unpaired) electrons. The molecule has 0 aliphatic carbocycles. The van der Waals surface area contributed by atoms with Crippen LogP contribution in [0.4, 0.5) is 0 Å². The van der Waals surface area contributed by atoms with Crippen molar-refractivity contribution >= 4 is 0 Å². The van der Waals surface area contributed by atoms with Crippen molar-refractivity contribution in [1.82, 2.24) is 0 Å². The Morgan fingerprint density at radius 3 is 0.750 bits per heavy atom. The first kappa shape index (κ1) is 25.3. The number of hydrogen-bond donors (Lipinski definition) is 6. The van der Waals surface area contributed by atoms with Gasteiger partial charge in [-0.25, -0.2) is 0 Å². The summed E-state index contributed by atoms with van der Waals surface area (Å²) in [5.41, 5.74) is 2.81. The van der Waals surface area contributed by atoms with Crippen LogP contribution in [0.2, 0.25) is 0 Å². The molecule has 148 valence electrons. The van der Waals surface area contributed by atoms with E-state index >= 15 is 0 Å². The zero-order valence-corrected chi connectivity index (χ0v) is 18.3. The van der Waals surface area contributed by atoms with Crippen molar-refractivity contribution in [3.63, 3.8) is 0 Å². The van der Waals surface area contributed by atoms with Crippen molar-refractivity contribution in [3.05, 3.63) is 71.3 Å². The zero-order chi connectivity index (χ0) is 20.6. The molecule has 0 atom stereocenters. The molecule has 0 heterocycles. The first-order chi connectivity index (χ1) is 12.6. The minimum atomic E-state index is -0.0689. The molecule has 0 saturated carbocycles. The molecule has 3 aromatic rings. The summed E-state index contributed by atoms with van der Waals surface area (Å²) in [4.78, 5) is 0. The number of phenols is 6. The third-order valence-corrected chi connectivity index (χ3v) is 3.39. The van der Waals surface area contributed by atoms with Gasteiger partial charge in [-0.3, -0.25) is 0 Å². The minimum Gasteiger partial charge on any atom is -0.504 e. The van der Waals surface area contributed by atoms with Gasteiger partial charge in [-0.05, 0) is 73.9 Å². The second kappa shape index (κ2) is 11.9. The van der Waals surface area contributed by atoms with Crippen molar-refractivity contribution in [2.24, 2.45) is 0 Å². The fourth-order valence-electron chi connectivity index (χ4n) is 1.90. The van der Waals surface area contributed by atoms with Crippen molar-refractivity contribution in [3.8, 4) is 34.5 Å². The fourth-order valence-corrected chi connectivity index (χ4v) is 1.90. The Labute approximate surface area is 183 Å². The Bertz CT molecular complexity index is 778. The quantitative estimate of drug-likeness (QED) is 0.278. The zero-order valence-electron chi connectivity index (χ0n) is 15.9. The monoisotopic (exact) mass is 462 g/mol. The maximum absolute atomic E-state index is 8.85. The molecule has 0 saturated heterocycles. The van der Waals surface area contributed by atoms with Gasteiger partial charge in [0.2, 0.25) is 0 Å². The molecule has 3 rings (SSSR count). The molecule has 6 N–H and O–H groups in total. The Balaban J connectivity index is 0.000000384. The predicted molar refractivity (Wildman–Crippen MR) is 104 cm³/mol. The van der Waals surface area contributed by atoms with Gasteiger partial charge < -0.3 is 30.6 Å². The average molecular weight is 464 g/mol. The SMILES string of the molecule is Cc1ccc(O)c(O)c1.Cc1ccc(O)c(O)c1.Cc1ccc(O)c(O)c1.[Zr]. The summed E-state index contributed by atoms with van der Waals surface area (Å²) in [5, 5.41) is 52.9. The Morgan fingerprint density at radius 2 is 0.607 bits per heavy atom. The topological polar surface area (TPSA) is 121 Å². The van der Waals surface area contributed by atoms with Gasteiger partial charge in [0, 0.05) is 26.2 Å². The van der Waals surface area contributed by atoms with Crippen molar-refractivity contribution < 1.29 is 56.8 Å². The van der Waals surface area contributed by atoms with Gasteiger partial charge in [-0.2, -0.15) is 0 Å². The average Bonchev–Trinajstić information content (AvgIpc) is 2.60. The summed E-state index contributed by atoms with van der Waals surface area (Å²) < 4.78 is 0. The molecule has 28 heavy (non-hydrogen) atoms. The van der Waals surface area contributed by atoms with Crippen LogP contribution in [0.1, 0.15) is 16.7 Å². The number of rotatable bonds is 0. The molecule has 7 heteroatoms. The van der Waals surface area contributed by atoms with Gasteiger partial charge in [-0.15, -0.1) is 0 Å². The Kier molecular flexibility index (Phi) is 10.8. The Morgan fingerprint density at radius 1 is 0.393 bits per heavy atom. The van der Waals surface area contributed by atoms with E-state index < -0.39 is 0 Å². The number of aryl methyl sites for hydroxylation is 3. The van der Waals surface area contributed by atoms with E-state index in [-0.39, 0.29) is 60.7 Å².